The molecule has 0 aliphatic carbocycles. The van der Waals surface area contributed by atoms with Crippen molar-refractivity contribution in [3.05, 3.63) is 88.9 Å². The third kappa shape index (κ3) is 4.86. The Hall–Kier alpha value is -3.53. The van der Waals surface area contributed by atoms with Crippen LogP contribution < -0.4 is 5.32 Å². The van der Waals surface area contributed by atoms with Crippen molar-refractivity contribution in [3.8, 4) is 6.07 Å². The fraction of sp³-hybridized carbons (Fsp3) is 0.214. The van der Waals surface area contributed by atoms with Crippen molar-refractivity contribution in [2.75, 3.05) is 29.9 Å². The molecule has 0 saturated carbocycles. The highest BCUT2D eigenvalue weighted by atomic mass is 32.2. The minimum absolute atomic E-state index is 0.519. The van der Waals surface area contributed by atoms with Gasteiger partial charge in [-0.2, -0.15) is 17.0 Å². The van der Waals surface area contributed by atoms with Crippen LogP contribution in [-0.4, -0.2) is 39.5 Å². The molecule has 2 aromatic carbocycles. The molecule has 2 N–H and O–H groups in total. The summed E-state index contributed by atoms with van der Waals surface area (Å²) in [4.78, 5) is 10.1. The molecule has 4 aromatic rings. The Labute approximate surface area is 204 Å². The average molecular weight is 466 g/mol. The number of aryl methyl sites for hydroxylation is 1. The summed E-state index contributed by atoms with van der Waals surface area (Å²) in [7, 11) is 0. The van der Waals surface area contributed by atoms with Crippen LogP contribution in [0.15, 0.2) is 61.1 Å². The maximum absolute atomic E-state index is 9.71. The lowest BCUT2D eigenvalue weighted by atomic mass is 10.1. The van der Waals surface area contributed by atoms with Crippen molar-refractivity contribution < 1.29 is 0 Å². The molecule has 2 aromatic heterocycles. The van der Waals surface area contributed by atoms with E-state index in [1.54, 1.807) is 12.4 Å². The van der Waals surface area contributed by atoms with Gasteiger partial charge in [-0.25, -0.2) is 0 Å². The van der Waals surface area contributed by atoms with Gasteiger partial charge >= 0.3 is 0 Å². The molecule has 1 saturated heterocycles. The summed E-state index contributed by atoms with van der Waals surface area (Å²) in [5.41, 5.74) is 7.84. The first kappa shape index (κ1) is 22.3. The Morgan fingerprint density at radius 3 is 2.71 bits per heavy atom. The number of H-pyrrole nitrogens is 1. The van der Waals surface area contributed by atoms with Gasteiger partial charge in [-0.05, 0) is 41.8 Å². The van der Waals surface area contributed by atoms with Gasteiger partial charge in [0.2, 0.25) is 0 Å². The van der Waals surface area contributed by atoms with E-state index in [4.69, 9.17) is 0 Å². The molecule has 0 bridgehead atoms. The van der Waals surface area contributed by atoms with E-state index in [-0.39, 0.29) is 0 Å². The van der Waals surface area contributed by atoms with Crippen LogP contribution in [0.1, 0.15) is 27.8 Å². The second-order valence-electron chi connectivity index (χ2n) is 8.53. The van der Waals surface area contributed by atoms with Crippen molar-refractivity contribution in [1.82, 2.24) is 14.9 Å². The normalized spacial score (nSPS) is 14.5. The highest BCUT2D eigenvalue weighted by molar-refractivity contribution is 7.99. The first-order valence-electron chi connectivity index (χ1n) is 11.5. The van der Waals surface area contributed by atoms with E-state index in [0.717, 1.165) is 45.5 Å². The van der Waals surface area contributed by atoms with Gasteiger partial charge in [0, 0.05) is 71.9 Å². The number of benzene rings is 2. The molecule has 1 aliphatic rings. The Bertz CT molecular complexity index is 1360. The fourth-order valence-corrected chi connectivity index (χ4v) is 5.30. The third-order valence-corrected chi connectivity index (χ3v) is 7.25. The molecule has 5 nitrogen and oxygen atoms in total. The van der Waals surface area contributed by atoms with E-state index in [0.29, 0.717) is 5.56 Å². The number of anilines is 2. The molecular weight excluding hydrogens is 438 g/mol. The first-order chi connectivity index (χ1) is 16.7. The fourth-order valence-electron chi connectivity index (χ4n) is 4.32. The summed E-state index contributed by atoms with van der Waals surface area (Å²) in [5.74, 6) is 2.46. The van der Waals surface area contributed by atoms with Gasteiger partial charge in [-0.1, -0.05) is 36.4 Å². The van der Waals surface area contributed by atoms with Crippen LogP contribution in [0.3, 0.4) is 0 Å². The van der Waals surface area contributed by atoms with Crippen LogP contribution in [0.2, 0.25) is 0 Å². The number of aromatic nitrogens is 2. The molecule has 0 radical (unpaired) electrons. The van der Waals surface area contributed by atoms with E-state index in [9.17, 15) is 5.26 Å². The van der Waals surface area contributed by atoms with Gasteiger partial charge in [0.05, 0.1) is 11.3 Å². The highest BCUT2D eigenvalue weighted by Gasteiger charge is 2.12. The van der Waals surface area contributed by atoms with Gasteiger partial charge < -0.3 is 10.3 Å². The van der Waals surface area contributed by atoms with E-state index >= 15 is 0 Å². The maximum atomic E-state index is 9.71. The number of fused-ring (bicyclic) bond motifs is 1. The molecule has 3 heterocycles. The van der Waals surface area contributed by atoms with Crippen molar-refractivity contribution in [3.63, 3.8) is 0 Å². The number of aromatic amines is 1. The Kier molecular flexibility index (Phi) is 6.66. The number of hydrogen-bond acceptors (Lipinski definition) is 5. The quantitative estimate of drug-likeness (QED) is 0.355. The van der Waals surface area contributed by atoms with Gasteiger partial charge in [0.1, 0.15) is 6.07 Å². The van der Waals surface area contributed by atoms with Gasteiger partial charge in [0.15, 0.2) is 0 Å². The van der Waals surface area contributed by atoms with E-state index in [2.05, 4.69) is 75.7 Å². The zero-order chi connectivity index (χ0) is 23.3. The predicted octanol–water partition coefficient (Wildman–Crippen LogP) is 6.21. The second-order valence-corrected chi connectivity index (χ2v) is 9.75. The summed E-state index contributed by atoms with van der Waals surface area (Å²) in [5, 5.41) is 14.4. The van der Waals surface area contributed by atoms with Crippen LogP contribution in [-0.2, 0) is 6.54 Å². The largest absolute Gasteiger partial charge is 0.361 e. The van der Waals surface area contributed by atoms with Crippen molar-refractivity contribution in [2.45, 2.75) is 13.5 Å². The zero-order valence-corrected chi connectivity index (χ0v) is 20.0. The first-order valence-corrected chi connectivity index (χ1v) is 12.7. The molecule has 1 fully saturated rings. The number of thioether (sulfide) groups is 1. The lowest BCUT2D eigenvalue weighted by Gasteiger charge is -2.26. The summed E-state index contributed by atoms with van der Waals surface area (Å²) >= 11 is 2.04. The average Bonchev–Trinajstić information content (AvgIpc) is 3.36. The van der Waals surface area contributed by atoms with Gasteiger partial charge in [0.25, 0.3) is 0 Å². The molecule has 0 amide bonds. The molecule has 34 heavy (non-hydrogen) atoms. The Balaban J connectivity index is 1.37. The lowest BCUT2D eigenvalue weighted by molar-refractivity contribution is 0.294. The number of hydrogen-bond donors (Lipinski definition) is 2. The number of nitrogens with zero attached hydrogens (tertiary/aromatic N) is 3. The molecule has 0 spiro atoms. The zero-order valence-electron chi connectivity index (χ0n) is 19.2. The number of nitrogens with one attached hydrogen (secondary N) is 2. The van der Waals surface area contributed by atoms with Crippen LogP contribution in [0.25, 0.3) is 23.1 Å². The highest BCUT2D eigenvalue weighted by Crippen LogP contribution is 2.31. The lowest BCUT2D eigenvalue weighted by Crippen LogP contribution is -2.31. The topological polar surface area (TPSA) is 67.7 Å². The number of pyridine rings is 1. The number of nitriles is 1. The monoisotopic (exact) mass is 465 g/mol. The van der Waals surface area contributed by atoms with Crippen molar-refractivity contribution in [2.24, 2.45) is 0 Å². The summed E-state index contributed by atoms with van der Waals surface area (Å²) in [6, 6.07) is 17.2. The summed E-state index contributed by atoms with van der Waals surface area (Å²) in [6.45, 7) is 5.44. The van der Waals surface area contributed by atoms with Crippen molar-refractivity contribution >= 4 is 46.2 Å². The van der Waals surface area contributed by atoms with Crippen molar-refractivity contribution in [1.29, 1.82) is 5.26 Å². The summed E-state index contributed by atoms with van der Waals surface area (Å²) < 4.78 is 0. The van der Waals surface area contributed by atoms with E-state index in [1.165, 1.54) is 30.2 Å². The van der Waals surface area contributed by atoms with E-state index in [1.807, 2.05) is 30.1 Å². The molecule has 6 heteroatoms. The maximum Gasteiger partial charge on any atom is 0.103 e. The van der Waals surface area contributed by atoms with E-state index < -0.39 is 0 Å². The molecule has 1 aliphatic heterocycles. The van der Waals surface area contributed by atoms with Crippen LogP contribution in [0.4, 0.5) is 11.4 Å². The van der Waals surface area contributed by atoms with Crippen LogP contribution in [0, 0.1) is 18.3 Å². The predicted molar refractivity (Wildman–Crippen MR) is 143 cm³/mol. The Morgan fingerprint density at radius 2 is 1.91 bits per heavy atom. The number of rotatable bonds is 6. The SMILES string of the molecule is Cc1c(Nc2c(C#N)cncc2/C=C/c2ccc(CN3CCSCC3)cc2)ccc2[nH]ccc12. The minimum Gasteiger partial charge on any atom is -0.361 e. The molecular formula is C28H27N5S. The Morgan fingerprint density at radius 1 is 1.09 bits per heavy atom. The third-order valence-electron chi connectivity index (χ3n) is 6.30. The molecule has 0 unspecified atom stereocenters. The minimum atomic E-state index is 0.519. The standard InChI is InChI=1S/C28H27N5S/c1-20-25-10-11-31-27(25)9-8-26(20)32-28-23(17-30-18-24(28)16-29)7-6-21-2-4-22(5-3-21)19-33-12-14-34-15-13-33/h2-11,17-18,31H,12-15,19H2,1H3,(H,30,32)/b7-6+. The van der Waals surface area contributed by atoms with Crippen LogP contribution in [0.5, 0.6) is 0 Å². The van der Waals surface area contributed by atoms with Crippen LogP contribution >= 0.6 is 11.8 Å². The van der Waals surface area contributed by atoms with Gasteiger partial charge in [-0.3, -0.25) is 9.88 Å². The second kappa shape index (κ2) is 10.2. The smallest absolute Gasteiger partial charge is 0.103 e. The summed E-state index contributed by atoms with van der Waals surface area (Å²) in [6.07, 6.45) is 9.45. The molecule has 0 atom stereocenters. The molecule has 5 rings (SSSR count). The molecule has 170 valence electrons. The van der Waals surface area contributed by atoms with Gasteiger partial charge in [-0.15, -0.1) is 0 Å².